The third kappa shape index (κ3) is 4.75. The average Bonchev–Trinajstić information content (AvgIpc) is 2.97. The number of para-hydroxylation sites is 1. The molecule has 1 saturated heterocycles. The number of nitriles is 1. The minimum Gasteiger partial charge on any atom is -0.496 e. The number of rotatable bonds is 6. The zero-order chi connectivity index (χ0) is 26.7. The maximum absolute atomic E-state index is 14.3. The molecule has 2 atom stereocenters. The second-order valence-corrected chi connectivity index (χ2v) is 10.6. The average molecular weight is 523 g/mol. The lowest BCUT2D eigenvalue weighted by atomic mass is 9.68. The van der Waals surface area contributed by atoms with Crippen LogP contribution in [0.1, 0.15) is 48.3 Å². The summed E-state index contributed by atoms with van der Waals surface area (Å²) in [5.74, 6) is 0.378. The van der Waals surface area contributed by atoms with Crippen molar-refractivity contribution in [2.75, 3.05) is 20.2 Å². The topological polar surface area (TPSA) is 53.3 Å². The van der Waals surface area contributed by atoms with Gasteiger partial charge in [0.1, 0.15) is 11.2 Å². The predicted octanol–water partition coefficient (Wildman–Crippen LogP) is 7.57. The van der Waals surface area contributed by atoms with Crippen LogP contribution in [-0.2, 0) is 4.79 Å². The molecule has 0 N–H and O–H groups in total. The van der Waals surface area contributed by atoms with Crippen LogP contribution in [0.25, 0.3) is 10.8 Å². The molecule has 4 aromatic carbocycles. The smallest absolute Gasteiger partial charge is 0.243 e. The molecule has 38 heavy (non-hydrogen) atoms. The van der Waals surface area contributed by atoms with Crippen molar-refractivity contribution in [2.24, 2.45) is 5.41 Å². The number of likely N-dealkylation sites (tertiary alicyclic amines) is 1. The summed E-state index contributed by atoms with van der Waals surface area (Å²) in [5, 5.41) is 13.5. The van der Waals surface area contributed by atoms with Crippen molar-refractivity contribution in [3.05, 3.63) is 113 Å². The standard InChI is InChI=1S/C33H31ClN2O2/c1-33(22-35,32(37)36-20-18-24(19-21-36)23-14-16-26(34)17-15-23)31(29-11-5-6-13-30(29)38-2)28-12-7-9-25-8-3-4-10-27(25)28/h3-17,24,31H,18-21H2,1-2H3. The van der Waals surface area contributed by atoms with Crippen LogP contribution in [0.3, 0.4) is 0 Å². The first-order valence-corrected chi connectivity index (χ1v) is 13.4. The number of hydrogen-bond donors (Lipinski definition) is 0. The van der Waals surface area contributed by atoms with E-state index in [2.05, 4.69) is 36.4 Å². The number of ether oxygens (including phenoxy) is 1. The van der Waals surface area contributed by atoms with Crippen molar-refractivity contribution in [1.82, 2.24) is 4.90 Å². The minimum atomic E-state index is -1.34. The van der Waals surface area contributed by atoms with E-state index in [1.165, 1.54) is 5.56 Å². The predicted molar refractivity (Wildman–Crippen MR) is 153 cm³/mol. The van der Waals surface area contributed by atoms with Gasteiger partial charge in [-0.25, -0.2) is 0 Å². The number of nitrogens with zero attached hydrogens (tertiary/aromatic N) is 2. The van der Waals surface area contributed by atoms with Gasteiger partial charge in [-0.05, 0) is 65.8 Å². The van der Waals surface area contributed by atoms with Gasteiger partial charge in [-0.1, -0.05) is 84.4 Å². The van der Waals surface area contributed by atoms with E-state index < -0.39 is 11.3 Å². The normalized spacial score (nSPS) is 16.4. The zero-order valence-electron chi connectivity index (χ0n) is 21.7. The number of amides is 1. The Balaban J connectivity index is 1.54. The fourth-order valence-corrected chi connectivity index (χ4v) is 6.04. The van der Waals surface area contributed by atoms with Gasteiger partial charge in [-0.15, -0.1) is 0 Å². The molecular formula is C33H31ClN2O2. The van der Waals surface area contributed by atoms with Crippen LogP contribution in [0.5, 0.6) is 5.75 Å². The molecule has 1 amide bonds. The fourth-order valence-electron chi connectivity index (χ4n) is 5.91. The SMILES string of the molecule is COc1ccccc1C(c1cccc2ccccc12)C(C)(C#N)C(=O)N1CCC(c2ccc(Cl)cc2)CC1. The molecule has 5 heteroatoms. The highest BCUT2D eigenvalue weighted by Gasteiger charge is 2.47. The lowest BCUT2D eigenvalue weighted by Crippen LogP contribution is -2.48. The minimum absolute atomic E-state index is 0.140. The Morgan fingerprint density at radius 1 is 0.947 bits per heavy atom. The number of piperidine rings is 1. The number of halogens is 1. The van der Waals surface area contributed by atoms with Crippen LogP contribution >= 0.6 is 11.6 Å². The molecule has 0 spiro atoms. The number of carbonyl (C=O) groups excluding carboxylic acids is 1. The first-order valence-electron chi connectivity index (χ1n) is 13.0. The lowest BCUT2D eigenvalue weighted by Gasteiger charge is -2.39. The van der Waals surface area contributed by atoms with Crippen molar-refractivity contribution < 1.29 is 9.53 Å². The van der Waals surface area contributed by atoms with E-state index in [9.17, 15) is 10.1 Å². The van der Waals surface area contributed by atoms with E-state index in [0.29, 0.717) is 24.8 Å². The first kappa shape index (κ1) is 25.8. The second-order valence-electron chi connectivity index (χ2n) is 10.2. The molecule has 1 heterocycles. The van der Waals surface area contributed by atoms with Crippen LogP contribution in [0.4, 0.5) is 0 Å². The van der Waals surface area contributed by atoms with E-state index in [1.807, 2.05) is 65.6 Å². The molecule has 192 valence electrons. The molecule has 1 aliphatic heterocycles. The second kappa shape index (κ2) is 10.9. The third-order valence-corrected chi connectivity index (χ3v) is 8.21. The third-order valence-electron chi connectivity index (χ3n) is 7.96. The summed E-state index contributed by atoms with van der Waals surface area (Å²) in [6, 6.07) is 32.4. The van der Waals surface area contributed by atoms with Gasteiger partial charge in [0.2, 0.25) is 5.91 Å². The summed E-state index contributed by atoms with van der Waals surface area (Å²) in [6.07, 6.45) is 1.70. The number of hydrogen-bond acceptors (Lipinski definition) is 3. The van der Waals surface area contributed by atoms with Crippen LogP contribution < -0.4 is 4.74 Å². The van der Waals surface area contributed by atoms with Gasteiger partial charge in [0.15, 0.2) is 0 Å². The number of carbonyl (C=O) groups is 1. The quantitative estimate of drug-likeness (QED) is 0.262. The van der Waals surface area contributed by atoms with Gasteiger partial charge in [-0.2, -0.15) is 5.26 Å². The molecular weight excluding hydrogens is 492 g/mol. The van der Waals surface area contributed by atoms with E-state index in [0.717, 1.165) is 39.8 Å². The fraction of sp³-hybridized carbons (Fsp3) is 0.273. The van der Waals surface area contributed by atoms with Crippen LogP contribution in [0, 0.1) is 16.7 Å². The number of methoxy groups -OCH3 is 1. The highest BCUT2D eigenvalue weighted by molar-refractivity contribution is 6.30. The zero-order valence-corrected chi connectivity index (χ0v) is 22.5. The molecule has 0 aromatic heterocycles. The number of fused-ring (bicyclic) bond motifs is 1. The molecule has 5 rings (SSSR count). The maximum atomic E-state index is 14.3. The lowest BCUT2D eigenvalue weighted by molar-refractivity contribution is -0.140. The molecule has 2 unspecified atom stereocenters. The molecule has 1 aliphatic rings. The van der Waals surface area contributed by atoms with Crippen molar-refractivity contribution in [1.29, 1.82) is 5.26 Å². The van der Waals surface area contributed by atoms with Crippen molar-refractivity contribution >= 4 is 28.3 Å². The van der Waals surface area contributed by atoms with Crippen LogP contribution in [0.15, 0.2) is 91.0 Å². The number of benzene rings is 4. The summed E-state index contributed by atoms with van der Waals surface area (Å²) >= 11 is 6.08. The van der Waals surface area contributed by atoms with E-state index in [-0.39, 0.29) is 5.91 Å². The molecule has 4 nitrogen and oxygen atoms in total. The molecule has 4 aromatic rings. The monoisotopic (exact) mass is 522 g/mol. The highest BCUT2D eigenvalue weighted by Crippen LogP contribution is 2.47. The Morgan fingerprint density at radius 3 is 2.29 bits per heavy atom. The van der Waals surface area contributed by atoms with Gasteiger partial charge in [0.05, 0.1) is 13.2 Å². The first-order chi connectivity index (χ1) is 18.5. The Labute approximate surface area is 229 Å². The highest BCUT2D eigenvalue weighted by atomic mass is 35.5. The van der Waals surface area contributed by atoms with E-state index in [4.69, 9.17) is 16.3 Å². The summed E-state index contributed by atoms with van der Waals surface area (Å²) in [7, 11) is 1.63. The Kier molecular flexibility index (Phi) is 7.40. The molecule has 0 saturated carbocycles. The molecule has 0 radical (unpaired) electrons. The van der Waals surface area contributed by atoms with Crippen molar-refractivity contribution in [3.63, 3.8) is 0 Å². The van der Waals surface area contributed by atoms with E-state index >= 15 is 0 Å². The summed E-state index contributed by atoms with van der Waals surface area (Å²) in [6.45, 7) is 3.01. The van der Waals surface area contributed by atoms with Gasteiger partial charge in [-0.3, -0.25) is 4.79 Å². The van der Waals surface area contributed by atoms with Gasteiger partial charge < -0.3 is 9.64 Å². The molecule has 0 bridgehead atoms. The van der Waals surface area contributed by atoms with Crippen molar-refractivity contribution in [3.8, 4) is 11.8 Å². The largest absolute Gasteiger partial charge is 0.496 e. The van der Waals surface area contributed by atoms with Gasteiger partial charge >= 0.3 is 0 Å². The van der Waals surface area contributed by atoms with Gasteiger partial charge in [0, 0.05) is 29.6 Å². The van der Waals surface area contributed by atoms with E-state index in [1.54, 1.807) is 14.0 Å². The van der Waals surface area contributed by atoms with Gasteiger partial charge in [0.25, 0.3) is 0 Å². The Morgan fingerprint density at radius 2 is 1.58 bits per heavy atom. The summed E-state index contributed by atoms with van der Waals surface area (Å²) in [5.41, 5.74) is 1.68. The Bertz CT molecular complexity index is 1480. The summed E-state index contributed by atoms with van der Waals surface area (Å²) < 4.78 is 5.75. The van der Waals surface area contributed by atoms with Crippen molar-refractivity contribution in [2.45, 2.75) is 31.6 Å². The molecule has 0 aliphatic carbocycles. The summed E-state index contributed by atoms with van der Waals surface area (Å²) in [4.78, 5) is 16.2. The maximum Gasteiger partial charge on any atom is 0.243 e. The van der Waals surface area contributed by atoms with Crippen LogP contribution in [-0.4, -0.2) is 31.0 Å². The molecule has 1 fully saturated rings. The Hall–Kier alpha value is -3.81. The van der Waals surface area contributed by atoms with Crippen LogP contribution in [0.2, 0.25) is 5.02 Å².